The standard InChI is InChI=1S/C55H63ClN10O/c1-37-30-55(36-65(37)47-12-9-42(31-57)51(56)29-47)20-25-63(26-21-55)45-15-13-44(14-16-45)62-22-17-40(18-23-62)27-39-7-10-46(11-8-39)66-53-19-24-64(38(2)67)35-50(53)54(60-66)48-6-4-5-41-28-52(58-33-49(41)48)43-32-59-61(3)34-43/h4-6,9,12-16,28-29,32-34,37,39-40,46H,7-8,10-11,17-27,30,35-36H2,1-3H3/t37-,39?,46?/m0/s1. The largest absolute Gasteiger partial charge is 0.372 e. The van der Waals surface area contributed by atoms with Crippen molar-refractivity contribution < 1.29 is 4.79 Å². The van der Waals surface area contributed by atoms with Gasteiger partial charge in [-0.05, 0) is 142 Å². The Balaban J connectivity index is 0.685. The Morgan fingerprint density at radius 1 is 0.866 bits per heavy atom. The number of aryl methyl sites for hydroxylation is 1. The number of piperidine rings is 2. The fourth-order valence-electron chi connectivity index (χ4n) is 12.8. The molecule has 12 heteroatoms. The molecule has 1 spiro atoms. The first-order valence-electron chi connectivity index (χ1n) is 24.9. The molecular formula is C55H63ClN10O. The van der Waals surface area contributed by atoms with Crippen LogP contribution in [0.1, 0.15) is 101 Å². The van der Waals surface area contributed by atoms with Gasteiger partial charge >= 0.3 is 0 Å². The lowest BCUT2D eigenvalue weighted by atomic mass is 9.76. The zero-order chi connectivity index (χ0) is 45.8. The summed E-state index contributed by atoms with van der Waals surface area (Å²) in [5, 5.41) is 21.9. The van der Waals surface area contributed by atoms with Crippen molar-refractivity contribution in [1.29, 1.82) is 5.26 Å². The number of carbonyl (C=O) groups excluding carboxylic acids is 1. The molecule has 3 saturated heterocycles. The van der Waals surface area contributed by atoms with Crippen LogP contribution in [0.4, 0.5) is 17.1 Å². The topological polar surface area (TPSA) is 102 Å². The molecule has 0 N–H and O–H groups in total. The summed E-state index contributed by atoms with van der Waals surface area (Å²) in [4.78, 5) is 27.2. The summed E-state index contributed by atoms with van der Waals surface area (Å²) in [6.45, 7) is 10.9. The maximum Gasteiger partial charge on any atom is 0.219 e. The highest BCUT2D eigenvalue weighted by atomic mass is 35.5. The van der Waals surface area contributed by atoms with Gasteiger partial charge in [0.15, 0.2) is 0 Å². The number of halogens is 1. The molecule has 3 aromatic heterocycles. The van der Waals surface area contributed by atoms with Crippen molar-refractivity contribution in [3.63, 3.8) is 0 Å². The molecule has 7 heterocycles. The number of rotatable bonds is 8. The smallest absolute Gasteiger partial charge is 0.219 e. The highest BCUT2D eigenvalue weighted by Crippen LogP contribution is 2.47. The molecule has 11 rings (SSSR count). The number of fused-ring (bicyclic) bond motifs is 2. The minimum absolute atomic E-state index is 0.123. The SMILES string of the molecule is CC(=O)N1CCc2c(c(-c3cccc4cc(-c5cnn(C)c5)ncc34)nn2C2CCC(CC3CCN(c4ccc(N5CCC6(CC5)C[C@H](C)N(c5ccc(C#N)c(Cl)c5)C6)cc4)CC3)CC2)C1. The van der Waals surface area contributed by atoms with Crippen LogP contribution in [-0.2, 0) is 24.8 Å². The normalized spacial score (nSPS) is 22.1. The summed E-state index contributed by atoms with van der Waals surface area (Å²) >= 11 is 6.43. The summed E-state index contributed by atoms with van der Waals surface area (Å²) in [7, 11) is 1.93. The second-order valence-electron chi connectivity index (χ2n) is 20.7. The lowest BCUT2D eigenvalue weighted by molar-refractivity contribution is -0.129. The van der Waals surface area contributed by atoms with Crippen LogP contribution >= 0.6 is 11.6 Å². The van der Waals surface area contributed by atoms with Crippen LogP contribution in [0, 0.1) is 28.6 Å². The molecule has 1 aliphatic carbocycles. The number of anilines is 3. The molecule has 346 valence electrons. The van der Waals surface area contributed by atoms with Crippen LogP contribution in [0.3, 0.4) is 0 Å². The summed E-state index contributed by atoms with van der Waals surface area (Å²) in [5.41, 5.74) is 11.2. The van der Waals surface area contributed by atoms with E-state index in [2.05, 4.69) is 92.1 Å². The monoisotopic (exact) mass is 914 g/mol. The Labute approximate surface area is 400 Å². The second-order valence-corrected chi connectivity index (χ2v) is 21.1. The molecular weight excluding hydrogens is 852 g/mol. The van der Waals surface area contributed by atoms with Gasteiger partial charge in [-0.1, -0.05) is 29.8 Å². The van der Waals surface area contributed by atoms with Gasteiger partial charge < -0.3 is 19.6 Å². The van der Waals surface area contributed by atoms with Gasteiger partial charge in [0.1, 0.15) is 6.07 Å². The van der Waals surface area contributed by atoms with E-state index in [9.17, 15) is 10.1 Å². The number of pyridine rings is 1. The molecule has 5 aliphatic rings. The number of hydrogen-bond acceptors (Lipinski definition) is 8. The van der Waals surface area contributed by atoms with Gasteiger partial charge in [0.2, 0.25) is 5.91 Å². The molecule has 4 fully saturated rings. The molecule has 0 unspecified atom stereocenters. The van der Waals surface area contributed by atoms with Crippen LogP contribution in [0.25, 0.3) is 33.3 Å². The molecule has 6 aromatic rings. The van der Waals surface area contributed by atoms with Crippen molar-refractivity contribution >= 4 is 45.3 Å². The Morgan fingerprint density at radius 3 is 2.27 bits per heavy atom. The molecule has 1 atom stereocenters. The van der Waals surface area contributed by atoms with E-state index in [4.69, 9.17) is 21.7 Å². The zero-order valence-electron chi connectivity index (χ0n) is 39.4. The third kappa shape index (κ3) is 8.56. The number of carbonyl (C=O) groups is 1. The lowest BCUT2D eigenvalue weighted by Crippen LogP contribution is -2.41. The van der Waals surface area contributed by atoms with E-state index in [0.717, 1.165) is 109 Å². The van der Waals surface area contributed by atoms with E-state index in [1.165, 1.54) is 74.0 Å². The summed E-state index contributed by atoms with van der Waals surface area (Å²) in [6, 6.07) is 27.0. The molecule has 3 aromatic carbocycles. The summed E-state index contributed by atoms with van der Waals surface area (Å²) in [6.07, 6.45) is 19.0. The molecule has 1 saturated carbocycles. The highest BCUT2D eigenvalue weighted by Gasteiger charge is 2.44. The predicted molar refractivity (Wildman–Crippen MR) is 268 cm³/mol. The highest BCUT2D eigenvalue weighted by molar-refractivity contribution is 6.32. The van der Waals surface area contributed by atoms with Gasteiger partial charge in [-0.3, -0.25) is 19.1 Å². The summed E-state index contributed by atoms with van der Waals surface area (Å²) < 4.78 is 4.20. The van der Waals surface area contributed by atoms with Gasteiger partial charge in [-0.25, -0.2) is 0 Å². The van der Waals surface area contributed by atoms with E-state index >= 15 is 0 Å². The van der Waals surface area contributed by atoms with Crippen LogP contribution in [0.2, 0.25) is 5.02 Å². The van der Waals surface area contributed by atoms with Crippen molar-refractivity contribution in [3.05, 3.63) is 107 Å². The number of aromatic nitrogens is 5. The molecule has 11 nitrogen and oxygen atoms in total. The van der Waals surface area contributed by atoms with Crippen LogP contribution < -0.4 is 14.7 Å². The Morgan fingerprint density at radius 2 is 1.58 bits per heavy atom. The average molecular weight is 916 g/mol. The van der Waals surface area contributed by atoms with Crippen molar-refractivity contribution in [2.45, 2.75) is 103 Å². The predicted octanol–water partition coefficient (Wildman–Crippen LogP) is 10.9. The van der Waals surface area contributed by atoms with E-state index in [-0.39, 0.29) is 5.91 Å². The first-order chi connectivity index (χ1) is 32.6. The fourth-order valence-corrected chi connectivity index (χ4v) is 13.0. The van der Waals surface area contributed by atoms with E-state index in [1.54, 1.807) is 6.92 Å². The van der Waals surface area contributed by atoms with Crippen molar-refractivity contribution in [2.75, 3.05) is 54.0 Å². The quantitative estimate of drug-likeness (QED) is 0.149. The molecule has 0 bridgehead atoms. The average Bonchev–Trinajstić information content (AvgIpc) is 4.06. The Kier molecular flexibility index (Phi) is 11.7. The Bertz CT molecular complexity index is 2820. The fraction of sp³-hybridized carbons (Fsp3) is 0.473. The lowest BCUT2D eigenvalue weighted by Gasteiger charge is -2.41. The van der Waals surface area contributed by atoms with Crippen molar-refractivity contribution in [3.8, 4) is 28.6 Å². The number of nitrogens with zero attached hydrogens (tertiary/aromatic N) is 10. The number of benzene rings is 3. The van der Waals surface area contributed by atoms with Gasteiger partial charge in [-0.15, -0.1) is 0 Å². The molecule has 1 amide bonds. The number of hydrogen-bond donors (Lipinski definition) is 0. The van der Waals surface area contributed by atoms with E-state index in [0.29, 0.717) is 34.6 Å². The van der Waals surface area contributed by atoms with Gasteiger partial charge in [0, 0.05) is 129 Å². The van der Waals surface area contributed by atoms with Gasteiger partial charge in [0.05, 0.1) is 34.2 Å². The maximum atomic E-state index is 12.7. The van der Waals surface area contributed by atoms with Crippen LogP contribution in [0.5, 0.6) is 0 Å². The first kappa shape index (κ1) is 43.7. The Hall–Kier alpha value is -5.86. The second kappa shape index (κ2) is 18.0. The molecule has 4 aliphatic heterocycles. The number of nitriles is 1. The molecule has 0 radical (unpaired) electrons. The maximum absolute atomic E-state index is 12.7. The van der Waals surface area contributed by atoms with Crippen molar-refractivity contribution in [1.82, 2.24) is 29.4 Å². The van der Waals surface area contributed by atoms with Crippen LogP contribution in [0.15, 0.2) is 85.3 Å². The number of amides is 1. The third-order valence-corrected chi connectivity index (χ3v) is 16.9. The minimum atomic E-state index is 0.123. The third-order valence-electron chi connectivity index (χ3n) is 16.6. The summed E-state index contributed by atoms with van der Waals surface area (Å²) in [5.74, 6) is 1.69. The molecule has 67 heavy (non-hydrogen) atoms. The van der Waals surface area contributed by atoms with Crippen LogP contribution in [-0.4, -0.2) is 80.7 Å². The van der Waals surface area contributed by atoms with Gasteiger partial charge in [0.25, 0.3) is 0 Å². The minimum Gasteiger partial charge on any atom is -0.372 e. The van der Waals surface area contributed by atoms with E-state index < -0.39 is 0 Å². The zero-order valence-corrected chi connectivity index (χ0v) is 40.1. The van der Waals surface area contributed by atoms with Gasteiger partial charge in [-0.2, -0.15) is 15.5 Å². The van der Waals surface area contributed by atoms with Crippen molar-refractivity contribution in [2.24, 2.45) is 24.3 Å². The first-order valence-corrected chi connectivity index (χ1v) is 25.3. The van der Waals surface area contributed by atoms with E-state index in [1.807, 2.05) is 47.4 Å².